The zero-order valence-electron chi connectivity index (χ0n) is 10.1. The minimum Gasteiger partial charge on any atom is -0.157 e. The van der Waals surface area contributed by atoms with Gasteiger partial charge in [0.15, 0.2) is 5.15 Å². The van der Waals surface area contributed by atoms with E-state index in [0.29, 0.717) is 5.15 Å². The number of fused-ring (bicyclic) bond motifs is 1. The Morgan fingerprint density at radius 3 is 2.74 bits per heavy atom. The van der Waals surface area contributed by atoms with Crippen molar-refractivity contribution < 1.29 is 0 Å². The normalized spacial score (nSPS) is 10.8. The Bertz CT molecular complexity index is 701. The van der Waals surface area contributed by atoms with Gasteiger partial charge >= 0.3 is 0 Å². The van der Waals surface area contributed by atoms with Crippen molar-refractivity contribution in [3.63, 3.8) is 0 Å². The van der Waals surface area contributed by atoms with Gasteiger partial charge in [-0.05, 0) is 17.7 Å². The number of benzene rings is 2. The van der Waals surface area contributed by atoms with E-state index in [1.165, 1.54) is 10.5 Å². The summed E-state index contributed by atoms with van der Waals surface area (Å²) in [6, 6.07) is 16.6. The molecule has 4 heteroatoms. The summed E-state index contributed by atoms with van der Waals surface area (Å²) in [6.45, 7) is 0. The van der Waals surface area contributed by atoms with E-state index in [-0.39, 0.29) is 0 Å². The van der Waals surface area contributed by atoms with E-state index in [2.05, 4.69) is 46.6 Å². The number of hydrogen-bond donors (Lipinski definition) is 0. The Morgan fingerprint density at radius 2 is 1.89 bits per heavy atom. The summed E-state index contributed by atoms with van der Waals surface area (Å²) in [7, 11) is 0. The smallest absolute Gasteiger partial charge is 0.157 e. The molecule has 0 bridgehead atoms. The summed E-state index contributed by atoms with van der Waals surface area (Å²) in [5, 5.41) is 10.1. The van der Waals surface area contributed by atoms with Crippen LogP contribution in [-0.2, 0) is 5.75 Å². The largest absolute Gasteiger partial charge is 0.159 e. The maximum Gasteiger partial charge on any atom is 0.159 e. The van der Waals surface area contributed by atoms with Gasteiger partial charge in [0.1, 0.15) is 0 Å². The first-order valence-electron chi connectivity index (χ1n) is 5.90. The number of rotatable bonds is 3. The van der Waals surface area contributed by atoms with Crippen LogP contribution in [0.25, 0.3) is 10.8 Å². The summed E-state index contributed by atoms with van der Waals surface area (Å²) in [5.41, 5.74) is 1.32. The van der Waals surface area contributed by atoms with Crippen molar-refractivity contribution in [1.82, 2.24) is 10.2 Å². The number of hydrogen-bond acceptors (Lipinski definition) is 3. The maximum atomic E-state index is 6.00. The van der Waals surface area contributed by atoms with Crippen LogP contribution >= 0.6 is 23.4 Å². The molecule has 0 saturated heterocycles. The van der Waals surface area contributed by atoms with Crippen LogP contribution in [0.2, 0.25) is 5.15 Å². The molecule has 0 fully saturated rings. The first-order valence-corrected chi connectivity index (χ1v) is 7.27. The number of halogens is 1. The number of nitrogens with zero attached hydrogens (tertiary/aromatic N) is 2. The molecule has 94 valence electrons. The van der Waals surface area contributed by atoms with Crippen molar-refractivity contribution in [2.75, 3.05) is 0 Å². The van der Waals surface area contributed by atoms with E-state index in [1.807, 2.05) is 12.1 Å². The summed E-state index contributed by atoms with van der Waals surface area (Å²) < 4.78 is 0. The van der Waals surface area contributed by atoms with Gasteiger partial charge in [0.2, 0.25) is 0 Å². The fraction of sp³-hybridized carbons (Fsp3) is 0.0667. The van der Waals surface area contributed by atoms with E-state index in [0.717, 1.165) is 16.5 Å². The highest BCUT2D eigenvalue weighted by Gasteiger charge is 2.02. The molecule has 0 N–H and O–H groups in total. The first-order chi connectivity index (χ1) is 9.33. The van der Waals surface area contributed by atoms with Gasteiger partial charge in [0.05, 0.1) is 6.20 Å². The third-order valence-corrected chi connectivity index (χ3v) is 4.18. The lowest BCUT2D eigenvalue weighted by atomic mass is 10.2. The second kappa shape index (κ2) is 5.59. The SMILES string of the molecule is Clc1nncc2cc(SCc3ccccc3)ccc12. The predicted octanol–water partition coefficient (Wildman–Crippen LogP) is 4.58. The summed E-state index contributed by atoms with van der Waals surface area (Å²) in [4.78, 5) is 1.21. The van der Waals surface area contributed by atoms with Crippen LogP contribution in [-0.4, -0.2) is 10.2 Å². The second-order valence-electron chi connectivity index (χ2n) is 4.16. The van der Waals surface area contributed by atoms with Gasteiger partial charge in [0, 0.05) is 21.4 Å². The molecule has 0 spiro atoms. The van der Waals surface area contributed by atoms with E-state index < -0.39 is 0 Å². The van der Waals surface area contributed by atoms with Crippen molar-refractivity contribution in [2.24, 2.45) is 0 Å². The minimum absolute atomic E-state index is 0.456. The second-order valence-corrected chi connectivity index (χ2v) is 5.57. The van der Waals surface area contributed by atoms with Crippen LogP contribution < -0.4 is 0 Å². The van der Waals surface area contributed by atoms with Crippen LogP contribution in [0.15, 0.2) is 59.6 Å². The van der Waals surface area contributed by atoms with Crippen LogP contribution in [0, 0.1) is 0 Å². The van der Waals surface area contributed by atoms with Crippen molar-refractivity contribution in [2.45, 2.75) is 10.6 Å². The van der Waals surface area contributed by atoms with Gasteiger partial charge < -0.3 is 0 Å². The summed E-state index contributed by atoms with van der Waals surface area (Å²) in [6.07, 6.45) is 1.74. The molecule has 0 saturated carbocycles. The average Bonchev–Trinajstić information content (AvgIpc) is 2.46. The topological polar surface area (TPSA) is 25.8 Å². The highest BCUT2D eigenvalue weighted by atomic mass is 35.5. The van der Waals surface area contributed by atoms with Crippen molar-refractivity contribution in [3.05, 3.63) is 65.4 Å². The third-order valence-electron chi connectivity index (χ3n) is 2.84. The highest BCUT2D eigenvalue weighted by molar-refractivity contribution is 7.98. The fourth-order valence-electron chi connectivity index (χ4n) is 1.86. The Labute approximate surface area is 120 Å². The highest BCUT2D eigenvalue weighted by Crippen LogP contribution is 2.28. The monoisotopic (exact) mass is 286 g/mol. The zero-order valence-corrected chi connectivity index (χ0v) is 11.7. The Morgan fingerprint density at radius 1 is 1.05 bits per heavy atom. The molecular formula is C15H11ClN2S. The van der Waals surface area contributed by atoms with Gasteiger partial charge in [-0.3, -0.25) is 0 Å². The van der Waals surface area contributed by atoms with Crippen molar-refractivity contribution >= 4 is 34.1 Å². The molecule has 3 aromatic rings. The molecule has 19 heavy (non-hydrogen) atoms. The Kier molecular flexibility index (Phi) is 3.67. The van der Waals surface area contributed by atoms with E-state index in [9.17, 15) is 0 Å². The molecule has 0 radical (unpaired) electrons. The Hall–Kier alpha value is -1.58. The molecule has 2 nitrogen and oxygen atoms in total. The van der Waals surface area contributed by atoms with Gasteiger partial charge in [-0.25, -0.2) is 0 Å². The predicted molar refractivity (Wildman–Crippen MR) is 80.6 cm³/mol. The van der Waals surface area contributed by atoms with Crippen LogP contribution in [0.1, 0.15) is 5.56 Å². The Balaban J connectivity index is 1.82. The maximum absolute atomic E-state index is 6.00. The molecule has 0 aliphatic rings. The van der Waals surface area contributed by atoms with Crippen molar-refractivity contribution in [3.8, 4) is 0 Å². The molecule has 0 atom stereocenters. The van der Waals surface area contributed by atoms with Crippen LogP contribution in [0.3, 0.4) is 0 Å². The number of thioether (sulfide) groups is 1. The van der Waals surface area contributed by atoms with Gasteiger partial charge in [0.25, 0.3) is 0 Å². The molecule has 0 aliphatic carbocycles. The average molecular weight is 287 g/mol. The van der Waals surface area contributed by atoms with Gasteiger partial charge in [-0.1, -0.05) is 48.0 Å². The lowest BCUT2D eigenvalue weighted by molar-refractivity contribution is 1.05. The molecule has 1 aromatic heterocycles. The summed E-state index contributed by atoms with van der Waals surface area (Å²) in [5.74, 6) is 0.957. The molecule has 3 rings (SSSR count). The summed E-state index contributed by atoms with van der Waals surface area (Å²) >= 11 is 7.80. The quantitative estimate of drug-likeness (QED) is 0.659. The number of aromatic nitrogens is 2. The standard InChI is InChI=1S/C15H11ClN2S/c16-15-14-7-6-13(8-12(14)9-17-18-15)19-10-11-4-2-1-3-5-11/h1-9H,10H2. The van der Waals surface area contributed by atoms with Gasteiger partial charge in [-0.2, -0.15) is 5.10 Å². The minimum atomic E-state index is 0.456. The fourth-order valence-corrected chi connectivity index (χ4v) is 2.98. The molecule has 1 heterocycles. The molecule has 2 aromatic carbocycles. The molecule has 0 unspecified atom stereocenters. The van der Waals surface area contributed by atoms with E-state index in [1.54, 1.807) is 18.0 Å². The van der Waals surface area contributed by atoms with E-state index >= 15 is 0 Å². The van der Waals surface area contributed by atoms with Crippen LogP contribution in [0.5, 0.6) is 0 Å². The zero-order chi connectivity index (χ0) is 13.1. The molecule has 0 amide bonds. The third kappa shape index (κ3) is 2.88. The molecular weight excluding hydrogens is 276 g/mol. The van der Waals surface area contributed by atoms with Crippen molar-refractivity contribution in [1.29, 1.82) is 0 Å². The van der Waals surface area contributed by atoms with Crippen LogP contribution in [0.4, 0.5) is 0 Å². The lowest BCUT2D eigenvalue weighted by Gasteiger charge is -2.04. The van der Waals surface area contributed by atoms with E-state index in [4.69, 9.17) is 11.6 Å². The first kappa shape index (κ1) is 12.5. The lowest BCUT2D eigenvalue weighted by Crippen LogP contribution is -1.85. The molecule has 0 aliphatic heterocycles. The van der Waals surface area contributed by atoms with Gasteiger partial charge in [-0.15, -0.1) is 16.9 Å².